The second-order valence-corrected chi connectivity index (χ2v) is 5.73. The zero-order chi connectivity index (χ0) is 8.04. The first kappa shape index (κ1) is 9.64. The number of unbranched alkanes of at least 4 members (excludes halogenated alkanes) is 1. The SMILES string of the molecule is CP(C)(=O)/C=C/CCC=O. The fourth-order valence-electron chi connectivity index (χ4n) is 0.493. The lowest BCUT2D eigenvalue weighted by Crippen LogP contribution is -1.71. The van der Waals surface area contributed by atoms with Crippen LogP contribution in [0.2, 0.25) is 0 Å². The molecule has 0 saturated carbocycles. The van der Waals surface area contributed by atoms with E-state index in [-0.39, 0.29) is 0 Å². The molecule has 0 atom stereocenters. The van der Waals surface area contributed by atoms with Crippen molar-refractivity contribution >= 4 is 13.4 Å². The molecule has 0 heterocycles. The molecule has 58 valence electrons. The van der Waals surface area contributed by atoms with Crippen LogP contribution in [-0.4, -0.2) is 19.6 Å². The van der Waals surface area contributed by atoms with Crippen molar-refractivity contribution in [3.63, 3.8) is 0 Å². The molecule has 0 N–H and O–H groups in total. The van der Waals surface area contributed by atoms with Gasteiger partial charge in [-0.25, -0.2) is 0 Å². The standard InChI is InChI=1S/C7H13O2P/c1-10(2,9)7-5-3-4-6-8/h5-7H,3-4H2,1-2H3/b7-5+. The largest absolute Gasteiger partial charge is 0.320 e. The fraction of sp³-hybridized carbons (Fsp3) is 0.571. The molecular formula is C7H13O2P. The summed E-state index contributed by atoms with van der Waals surface area (Å²) in [6, 6.07) is 0. The normalized spacial score (nSPS) is 12.2. The number of hydrogen-bond acceptors (Lipinski definition) is 2. The molecule has 0 radical (unpaired) electrons. The first-order valence-corrected chi connectivity index (χ1v) is 5.89. The van der Waals surface area contributed by atoms with Gasteiger partial charge in [0.05, 0.1) is 0 Å². The number of carbonyl (C=O) groups is 1. The Morgan fingerprint density at radius 2 is 1.90 bits per heavy atom. The molecule has 0 rings (SSSR count). The highest BCUT2D eigenvalue weighted by Crippen LogP contribution is 2.37. The van der Waals surface area contributed by atoms with E-state index in [0.717, 1.165) is 6.29 Å². The first-order chi connectivity index (χ1) is 4.56. The Labute approximate surface area is 61.7 Å². The predicted molar refractivity (Wildman–Crippen MR) is 43.9 cm³/mol. The minimum absolute atomic E-state index is 0.524. The average molecular weight is 160 g/mol. The molecule has 0 aliphatic rings. The van der Waals surface area contributed by atoms with Crippen molar-refractivity contribution in [1.82, 2.24) is 0 Å². The third kappa shape index (κ3) is 7.64. The minimum atomic E-state index is -2.00. The summed E-state index contributed by atoms with van der Waals surface area (Å²) in [5, 5.41) is 0. The quantitative estimate of drug-likeness (QED) is 0.358. The molecule has 10 heavy (non-hydrogen) atoms. The summed E-state index contributed by atoms with van der Waals surface area (Å²) in [7, 11) is -2.00. The first-order valence-electron chi connectivity index (χ1n) is 3.22. The van der Waals surface area contributed by atoms with Crippen molar-refractivity contribution in [1.29, 1.82) is 0 Å². The Bertz CT molecular complexity index is 166. The molecule has 0 amide bonds. The molecule has 0 aromatic carbocycles. The van der Waals surface area contributed by atoms with Gasteiger partial charge in [0, 0.05) is 6.42 Å². The Balaban J connectivity index is 3.57. The smallest absolute Gasteiger partial charge is 0.120 e. The molecule has 3 heteroatoms. The Morgan fingerprint density at radius 1 is 1.30 bits per heavy atom. The number of carbonyl (C=O) groups excluding carboxylic acids is 1. The molecule has 0 aromatic rings. The van der Waals surface area contributed by atoms with Crippen LogP contribution in [0.4, 0.5) is 0 Å². The molecule has 0 saturated heterocycles. The van der Waals surface area contributed by atoms with E-state index in [1.165, 1.54) is 0 Å². The van der Waals surface area contributed by atoms with Gasteiger partial charge in [0.15, 0.2) is 0 Å². The minimum Gasteiger partial charge on any atom is -0.320 e. The maximum absolute atomic E-state index is 11.0. The van der Waals surface area contributed by atoms with Gasteiger partial charge in [-0.1, -0.05) is 6.08 Å². The Hall–Kier alpha value is -0.360. The van der Waals surface area contributed by atoms with Crippen LogP contribution in [0.3, 0.4) is 0 Å². The van der Waals surface area contributed by atoms with E-state index in [9.17, 15) is 9.36 Å². The summed E-state index contributed by atoms with van der Waals surface area (Å²) >= 11 is 0. The van der Waals surface area contributed by atoms with Gasteiger partial charge in [-0.15, -0.1) is 0 Å². The van der Waals surface area contributed by atoms with Crippen molar-refractivity contribution in [3.8, 4) is 0 Å². The van der Waals surface area contributed by atoms with Gasteiger partial charge in [0.1, 0.15) is 13.4 Å². The summed E-state index contributed by atoms with van der Waals surface area (Å²) < 4.78 is 11.0. The molecule has 0 aromatic heterocycles. The van der Waals surface area contributed by atoms with Gasteiger partial charge in [-0.2, -0.15) is 0 Å². The van der Waals surface area contributed by atoms with Gasteiger partial charge >= 0.3 is 0 Å². The number of aldehydes is 1. The van der Waals surface area contributed by atoms with E-state index >= 15 is 0 Å². The topological polar surface area (TPSA) is 34.1 Å². The van der Waals surface area contributed by atoms with Crippen LogP contribution in [0, 0.1) is 0 Å². The van der Waals surface area contributed by atoms with Crippen LogP contribution in [0.15, 0.2) is 11.9 Å². The third-order valence-corrected chi connectivity index (χ3v) is 1.84. The fourth-order valence-corrected chi connectivity index (χ4v) is 1.15. The van der Waals surface area contributed by atoms with Crippen LogP contribution < -0.4 is 0 Å². The molecule has 0 bridgehead atoms. The van der Waals surface area contributed by atoms with Gasteiger partial charge < -0.3 is 9.36 Å². The lowest BCUT2D eigenvalue weighted by molar-refractivity contribution is -0.107. The van der Waals surface area contributed by atoms with Crippen molar-refractivity contribution in [3.05, 3.63) is 11.9 Å². The van der Waals surface area contributed by atoms with Gasteiger partial charge in [0.2, 0.25) is 0 Å². The van der Waals surface area contributed by atoms with E-state index in [1.807, 2.05) is 0 Å². The summed E-state index contributed by atoms with van der Waals surface area (Å²) in [6.45, 7) is 3.40. The van der Waals surface area contributed by atoms with E-state index in [4.69, 9.17) is 0 Å². The van der Waals surface area contributed by atoms with E-state index in [2.05, 4.69) is 0 Å². The third-order valence-electron chi connectivity index (χ3n) is 0.916. The van der Waals surface area contributed by atoms with Crippen molar-refractivity contribution in [2.24, 2.45) is 0 Å². The molecule has 0 unspecified atom stereocenters. The zero-order valence-corrected chi connectivity index (χ0v) is 7.30. The van der Waals surface area contributed by atoms with E-state index in [1.54, 1.807) is 25.2 Å². The molecule has 0 spiro atoms. The maximum Gasteiger partial charge on any atom is 0.120 e. The zero-order valence-electron chi connectivity index (χ0n) is 6.41. The molecular weight excluding hydrogens is 147 g/mol. The summed E-state index contributed by atoms with van der Waals surface area (Å²) in [4.78, 5) is 9.83. The van der Waals surface area contributed by atoms with Gasteiger partial charge in [0.25, 0.3) is 0 Å². The van der Waals surface area contributed by atoms with Crippen LogP contribution >= 0.6 is 7.14 Å². The number of allylic oxidation sites excluding steroid dienone is 1. The van der Waals surface area contributed by atoms with Gasteiger partial charge in [-0.3, -0.25) is 0 Å². The average Bonchev–Trinajstić information content (AvgIpc) is 1.78. The Kier molecular flexibility index (Phi) is 4.29. The lowest BCUT2D eigenvalue weighted by Gasteiger charge is -1.94. The van der Waals surface area contributed by atoms with Crippen LogP contribution in [-0.2, 0) is 9.36 Å². The summed E-state index contributed by atoms with van der Waals surface area (Å²) in [5.74, 6) is 1.69. The number of rotatable bonds is 4. The van der Waals surface area contributed by atoms with Crippen molar-refractivity contribution < 1.29 is 9.36 Å². The Morgan fingerprint density at radius 3 is 2.30 bits per heavy atom. The second kappa shape index (κ2) is 4.45. The van der Waals surface area contributed by atoms with Crippen LogP contribution in [0.5, 0.6) is 0 Å². The number of hydrogen-bond donors (Lipinski definition) is 0. The molecule has 0 fully saturated rings. The highest BCUT2D eigenvalue weighted by Gasteiger charge is 1.97. The van der Waals surface area contributed by atoms with Crippen LogP contribution in [0.1, 0.15) is 12.8 Å². The van der Waals surface area contributed by atoms with Crippen molar-refractivity contribution in [2.45, 2.75) is 12.8 Å². The lowest BCUT2D eigenvalue weighted by atomic mass is 10.3. The molecule has 0 aliphatic carbocycles. The van der Waals surface area contributed by atoms with E-state index in [0.29, 0.717) is 12.8 Å². The molecule has 2 nitrogen and oxygen atoms in total. The highest BCUT2D eigenvalue weighted by molar-refractivity contribution is 7.65. The van der Waals surface area contributed by atoms with Crippen LogP contribution in [0.25, 0.3) is 0 Å². The van der Waals surface area contributed by atoms with E-state index < -0.39 is 7.14 Å². The van der Waals surface area contributed by atoms with Gasteiger partial charge in [-0.05, 0) is 25.6 Å². The summed E-state index contributed by atoms with van der Waals surface area (Å²) in [5.41, 5.74) is 0. The molecule has 0 aliphatic heterocycles. The summed E-state index contributed by atoms with van der Waals surface area (Å²) in [6.07, 6.45) is 3.89. The maximum atomic E-state index is 11.0. The highest BCUT2D eigenvalue weighted by atomic mass is 31.2. The van der Waals surface area contributed by atoms with Crippen molar-refractivity contribution in [2.75, 3.05) is 13.3 Å². The monoisotopic (exact) mass is 160 g/mol. The second-order valence-electron chi connectivity index (χ2n) is 2.56. The predicted octanol–water partition coefficient (Wildman–Crippen LogP) is 2.10.